The first kappa shape index (κ1) is 15.9. The Balaban J connectivity index is 2.24. The van der Waals surface area contributed by atoms with Crippen LogP contribution in [-0.2, 0) is 11.3 Å². The molecule has 1 amide bonds. The highest BCUT2D eigenvalue weighted by molar-refractivity contribution is 9.10. The molecule has 0 saturated heterocycles. The van der Waals surface area contributed by atoms with E-state index in [1.165, 1.54) is 0 Å². The van der Waals surface area contributed by atoms with Crippen LogP contribution in [0.2, 0.25) is 0 Å². The van der Waals surface area contributed by atoms with Crippen molar-refractivity contribution in [2.45, 2.75) is 32.9 Å². The molecule has 0 fully saturated rings. The van der Waals surface area contributed by atoms with Crippen LogP contribution < -0.4 is 9.47 Å². The van der Waals surface area contributed by atoms with Gasteiger partial charge in [-0.2, -0.15) is 0 Å². The number of carbonyl (C=O) groups is 1. The van der Waals surface area contributed by atoms with E-state index in [4.69, 9.17) is 14.2 Å². The third-order valence-corrected chi connectivity index (χ3v) is 3.54. The van der Waals surface area contributed by atoms with Crippen LogP contribution in [0.4, 0.5) is 4.79 Å². The van der Waals surface area contributed by atoms with Crippen LogP contribution in [0.15, 0.2) is 16.6 Å². The van der Waals surface area contributed by atoms with E-state index in [1.54, 1.807) is 12.0 Å². The van der Waals surface area contributed by atoms with E-state index in [2.05, 4.69) is 15.9 Å². The lowest BCUT2D eigenvalue weighted by Gasteiger charge is -2.26. The number of amides is 1. The topological polar surface area (TPSA) is 48.0 Å². The van der Waals surface area contributed by atoms with Crippen LogP contribution in [0.1, 0.15) is 26.3 Å². The van der Waals surface area contributed by atoms with Crippen molar-refractivity contribution in [3.05, 3.63) is 22.2 Å². The molecule has 1 aliphatic heterocycles. The Kier molecular flexibility index (Phi) is 4.66. The molecule has 21 heavy (non-hydrogen) atoms. The van der Waals surface area contributed by atoms with E-state index in [0.29, 0.717) is 19.7 Å². The Morgan fingerprint density at radius 2 is 2.10 bits per heavy atom. The maximum atomic E-state index is 12.2. The number of methoxy groups -OCH3 is 1. The fraction of sp³-hybridized carbons (Fsp3) is 0.533. The first-order valence-electron chi connectivity index (χ1n) is 6.77. The summed E-state index contributed by atoms with van der Waals surface area (Å²) in [6.45, 7) is 6.90. The first-order valence-corrected chi connectivity index (χ1v) is 7.56. The second kappa shape index (κ2) is 6.13. The van der Waals surface area contributed by atoms with Gasteiger partial charge in [-0.3, -0.25) is 0 Å². The summed E-state index contributed by atoms with van der Waals surface area (Å²) in [4.78, 5) is 13.9. The Morgan fingerprint density at radius 1 is 1.38 bits per heavy atom. The summed E-state index contributed by atoms with van der Waals surface area (Å²) in [5.74, 6) is 1.47. The van der Waals surface area contributed by atoms with E-state index in [1.807, 2.05) is 32.9 Å². The Labute approximate surface area is 133 Å². The maximum absolute atomic E-state index is 12.2. The number of fused-ring (bicyclic) bond motifs is 1. The molecule has 1 aliphatic rings. The van der Waals surface area contributed by atoms with Crippen LogP contribution in [0.5, 0.6) is 11.5 Å². The molecule has 2 rings (SSSR count). The summed E-state index contributed by atoms with van der Waals surface area (Å²) in [6, 6.07) is 3.73. The fourth-order valence-corrected chi connectivity index (χ4v) is 2.64. The maximum Gasteiger partial charge on any atom is 0.410 e. The second-order valence-corrected chi connectivity index (χ2v) is 6.70. The van der Waals surface area contributed by atoms with E-state index in [0.717, 1.165) is 21.5 Å². The molecule has 5 nitrogen and oxygen atoms in total. The zero-order chi connectivity index (χ0) is 15.6. The van der Waals surface area contributed by atoms with Crippen LogP contribution >= 0.6 is 15.9 Å². The molecule has 0 aliphatic carbocycles. The van der Waals surface area contributed by atoms with Gasteiger partial charge in [0.05, 0.1) is 24.7 Å². The van der Waals surface area contributed by atoms with Crippen molar-refractivity contribution in [3.63, 3.8) is 0 Å². The summed E-state index contributed by atoms with van der Waals surface area (Å²) in [5, 5.41) is 0. The van der Waals surface area contributed by atoms with Gasteiger partial charge in [0.1, 0.15) is 23.7 Å². The molecular formula is C15H20BrNO4. The minimum Gasteiger partial charge on any atom is -0.497 e. The molecule has 1 aromatic rings. The average Bonchev–Trinajstić information content (AvgIpc) is 2.59. The van der Waals surface area contributed by atoms with E-state index >= 15 is 0 Å². The molecule has 0 atom stereocenters. The Hall–Kier alpha value is -1.43. The SMILES string of the molecule is COc1cc(Br)c2c(c1)CN(C(=O)OC(C)(C)C)CCO2. The molecule has 1 heterocycles. The van der Waals surface area contributed by atoms with E-state index < -0.39 is 5.60 Å². The zero-order valence-corrected chi connectivity index (χ0v) is 14.3. The van der Waals surface area contributed by atoms with Crippen molar-refractivity contribution in [2.24, 2.45) is 0 Å². The number of nitrogens with zero attached hydrogens (tertiary/aromatic N) is 1. The highest BCUT2D eigenvalue weighted by atomic mass is 79.9. The quantitative estimate of drug-likeness (QED) is 0.770. The van der Waals surface area contributed by atoms with Crippen molar-refractivity contribution in [1.82, 2.24) is 4.90 Å². The van der Waals surface area contributed by atoms with Gasteiger partial charge in [-0.05, 0) is 48.8 Å². The Morgan fingerprint density at radius 3 is 2.71 bits per heavy atom. The van der Waals surface area contributed by atoms with Gasteiger partial charge in [0.2, 0.25) is 0 Å². The van der Waals surface area contributed by atoms with Gasteiger partial charge in [-0.15, -0.1) is 0 Å². The van der Waals surface area contributed by atoms with Crippen LogP contribution in [0, 0.1) is 0 Å². The van der Waals surface area contributed by atoms with Crippen molar-refractivity contribution in [1.29, 1.82) is 0 Å². The predicted molar refractivity (Wildman–Crippen MR) is 82.8 cm³/mol. The number of hydrogen-bond acceptors (Lipinski definition) is 4. The number of carbonyl (C=O) groups excluding carboxylic acids is 1. The lowest BCUT2D eigenvalue weighted by atomic mass is 10.2. The van der Waals surface area contributed by atoms with Crippen LogP contribution in [0.3, 0.4) is 0 Å². The van der Waals surface area contributed by atoms with Crippen LogP contribution in [0.25, 0.3) is 0 Å². The second-order valence-electron chi connectivity index (χ2n) is 5.85. The van der Waals surface area contributed by atoms with Gasteiger partial charge in [0.25, 0.3) is 0 Å². The predicted octanol–water partition coefficient (Wildman–Crippen LogP) is 3.59. The molecule has 0 spiro atoms. The molecule has 1 aromatic carbocycles. The van der Waals surface area contributed by atoms with Gasteiger partial charge >= 0.3 is 6.09 Å². The Bertz CT molecular complexity index is 539. The van der Waals surface area contributed by atoms with E-state index in [9.17, 15) is 4.79 Å². The van der Waals surface area contributed by atoms with Gasteiger partial charge in [-0.1, -0.05) is 0 Å². The number of ether oxygens (including phenoxy) is 3. The van der Waals surface area contributed by atoms with Gasteiger partial charge < -0.3 is 19.1 Å². The van der Waals surface area contributed by atoms with Gasteiger partial charge in [0.15, 0.2) is 0 Å². The van der Waals surface area contributed by atoms with Gasteiger partial charge in [-0.25, -0.2) is 4.79 Å². The van der Waals surface area contributed by atoms with Crippen molar-refractivity contribution >= 4 is 22.0 Å². The number of rotatable bonds is 1. The first-order chi connectivity index (χ1) is 9.80. The summed E-state index contributed by atoms with van der Waals surface area (Å²) < 4.78 is 17.2. The third-order valence-electron chi connectivity index (χ3n) is 2.95. The third kappa shape index (κ3) is 4.03. The number of benzene rings is 1. The highest BCUT2D eigenvalue weighted by Gasteiger charge is 2.26. The summed E-state index contributed by atoms with van der Waals surface area (Å²) >= 11 is 3.47. The van der Waals surface area contributed by atoms with Gasteiger partial charge in [0, 0.05) is 5.56 Å². The zero-order valence-electron chi connectivity index (χ0n) is 12.7. The average molecular weight is 358 g/mol. The lowest BCUT2D eigenvalue weighted by Crippen LogP contribution is -2.37. The smallest absolute Gasteiger partial charge is 0.410 e. The molecule has 0 bridgehead atoms. The monoisotopic (exact) mass is 357 g/mol. The van der Waals surface area contributed by atoms with Crippen molar-refractivity contribution in [3.8, 4) is 11.5 Å². The molecule has 0 aromatic heterocycles. The number of hydrogen-bond donors (Lipinski definition) is 0. The summed E-state index contributed by atoms with van der Waals surface area (Å²) in [5.41, 5.74) is 0.381. The van der Waals surface area contributed by atoms with Crippen molar-refractivity contribution in [2.75, 3.05) is 20.3 Å². The standard InChI is InChI=1S/C15H20BrNO4/c1-15(2,3)21-14(18)17-5-6-20-13-10(9-17)7-11(19-4)8-12(13)16/h7-8H,5-6,9H2,1-4H3. The molecule has 6 heteroatoms. The minimum absolute atomic E-state index is 0.335. The largest absolute Gasteiger partial charge is 0.497 e. The van der Waals surface area contributed by atoms with E-state index in [-0.39, 0.29) is 6.09 Å². The molecule has 0 radical (unpaired) electrons. The van der Waals surface area contributed by atoms with Crippen molar-refractivity contribution < 1.29 is 19.0 Å². The molecule has 0 saturated carbocycles. The molecular weight excluding hydrogens is 338 g/mol. The summed E-state index contributed by atoms with van der Waals surface area (Å²) in [6.07, 6.45) is -0.335. The molecule has 116 valence electrons. The van der Waals surface area contributed by atoms with Crippen LogP contribution in [-0.4, -0.2) is 36.9 Å². The molecule has 0 unspecified atom stereocenters. The minimum atomic E-state index is -0.512. The summed E-state index contributed by atoms with van der Waals surface area (Å²) in [7, 11) is 1.61. The fourth-order valence-electron chi connectivity index (χ4n) is 2.04. The number of halogens is 1. The highest BCUT2D eigenvalue weighted by Crippen LogP contribution is 2.36. The normalized spacial score (nSPS) is 14.8. The lowest BCUT2D eigenvalue weighted by molar-refractivity contribution is 0.0225. The molecule has 0 N–H and O–H groups in total.